The summed E-state index contributed by atoms with van der Waals surface area (Å²) in [6.07, 6.45) is 4.30. The number of hydrogen-bond acceptors (Lipinski definition) is 3. The number of carbonyl (C=O) groups is 3. The number of nitrogens with zero attached hydrogens (tertiary/aromatic N) is 1. The zero-order chi connectivity index (χ0) is 31.5. The van der Waals surface area contributed by atoms with Crippen LogP contribution in [-0.2, 0) is 9.59 Å². The Morgan fingerprint density at radius 2 is 1.34 bits per heavy atom. The Hall–Kier alpha value is -3.93. The third-order valence-corrected chi connectivity index (χ3v) is 9.84. The summed E-state index contributed by atoms with van der Waals surface area (Å²) < 4.78 is 0. The van der Waals surface area contributed by atoms with E-state index in [9.17, 15) is 14.4 Å². The van der Waals surface area contributed by atoms with Crippen molar-refractivity contribution in [2.75, 3.05) is 13.6 Å². The number of nitrogens with one attached hydrogen (secondary N) is 2. The van der Waals surface area contributed by atoms with Gasteiger partial charge in [0.2, 0.25) is 11.8 Å². The number of benzene rings is 3. The average Bonchev–Trinajstić information content (AvgIpc) is 3.04. The zero-order valence-electron chi connectivity index (χ0n) is 26.9. The lowest BCUT2D eigenvalue weighted by molar-refractivity contribution is -0.143. The molecule has 0 unspecified atom stereocenters. The Labute approximate surface area is 262 Å². The molecule has 0 aliphatic heterocycles. The minimum Gasteiger partial charge on any atom is -0.347 e. The molecule has 44 heavy (non-hydrogen) atoms. The molecule has 0 aromatic heterocycles. The topological polar surface area (TPSA) is 78.5 Å². The van der Waals surface area contributed by atoms with Crippen LogP contribution in [-0.4, -0.2) is 41.8 Å². The molecule has 3 aromatic carbocycles. The number of fused-ring (bicyclic) bond motifs is 3. The Morgan fingerprint density at radius 1 is 0.750 bits per heavy atom. The van der Waals surface area contributed by atoms with Crippen molar-refractivity contribution in [1.29, 1.82) is 0 Å². The van der Waals surface area contributed by atoms with E-state index in [1.807, 2.05) is 54.6 Å². The minimum absolute atomic E-state index is 0.0486. The largest absolute Gasteiger partial charge is 0.347 e. The third-order valence-electron chi connectivity index (χ3n) is 9.84. The summed E-state index contributed by atoms with van der Waals surface area (Å²) in [5, 5.41) is 6.59. The summed E-state index contributed by atoms with van der Waals surface area (Å²) in [5.74, 6) is 0.569. The molecule has 0 spiro atoms. The van der Waals surface area contributed by atoms with Crippen molar-refractivity contribution in [3.63, 3.8) is 0 Å². The molecule has 3 aliphatic carbocycles. The highest BCUT2D eigenvalue weighted by Gasteiger charge is 2.53. The van der Waals surface area contributed by atoms with Crippen molar-refractivity contribution in [2.24, 2.45) is 11.3 Å². The molecule has 6 nitrogen and oxygen atoms in total. The molecule has 3 aromatic rings. The van der Waals surface area contributed by atoms with Crippen molar-refractivity contribution < 1.29 is 14.4 Å². The van der Waals surface area contributed by atoms with Crippen molar-refractivity contribution >= 4 is 17.7 Å². The predicted octanol–water partition coefficient (Wildman–Crippen LogP) is 7.27. The van der Waals surface area contributed by atoms with E-state index >= 15 is 0 Å². The summed E-state index contributed by atoms with van der Waals surface area (Å²) >= 11 is 0. The minimum atomic E-state index is -0.721. The summed E-state index contributed by atoms with van der Waals surface area (Å²) in [4.78, 5) is 43.0. The van der Waals surface area contributed by atoms with Crippen LogP contribution in [0.3, 0.4) is 0 Å². The van der Waals surface area contributed by atoms with E-state index in [2.05, 4.69) is 62.6 Å². The van der Waals surface area contributed by atoms with Crippen LogP contribution < -0.4 is 10.6 Å². The summed E-state index contributed by atoms with van der Waals surface area (Å²) in [6.45, 7) is 9.14. The van der Waals surface area contributed by atoms with Gasteiger partial charge in [0.05, 0.1) is 0 Å². The van der Waals surface area contributed by atoms with Gasteiger partial charge in [-0.1, -0.05) is 100 Å². The highest BCUT2D eigenvalue weighted by atomic mass is 16.2. The van der Waals surface area contributed by atoms with E-state index in [4.69, 9.17) is 0 Å². The second-order valence-electron chi connectivity index (χ2n) is 13.8. The molecule has 3 saturated carbocycles. The molecule has 0 radical (unpaired) electrons. The van der Waals surface area contributed by atoms with Crippen LogP contribution in [0.15, 0.2) is 78.9 Å². The van der Waals surface area contributed by atoms with Crippen molar-refractivity contribution in [3.05, 3.63) is 95.6 Å². The lowest BCUT2D eigenvalue weighted by Gasteiger charge is -2.52. The molecule has 6 rings (SSSR count). The van der Waals surface area contributed by atoms with Gasteiger partial charge in [-0.05, 0) is 78.7 Å². The number of likely N-dealkylation sites (N-methyl/N-ethyl adjacent to an activating group) is 1. The van der Waals surface area contributed by atoms with E-state index in [0.29, 0.717) is 43.2 Å². The Kier molecular flexibility index (Phi) is 9.28. The Bertz CT molecular complexity index is 1450. The molecule has 232 valence electrons. The maximum absolute atomic E-state index is 14.0. The quantitative estimate of drug-likeness (QED) is 0.260. The first-order valence-corrected chi connectivity index (χ1v) is 16.2. The molecule has 0 saturated heterocycles. The number of amides is 3. The third kappa shape index (κ3) is 6.59. The van der Waals surface area contributed by atoms with Crippen molar-refractivity contribution in [2.45, 2.75) is 83.7 Å². The second kappa shape index (κ2) is 13.0. The molecule has 2 N–H and O–H groups in total. The second-order valence-corrected chi connectivity index (χ2v) is 13.8. The molecule has 3 amide bonds. The first kappa shape index (κ1) is 31.5. The Morgan fingerprint density at radius 3 is 1.93 bits per heavy atom. The average molecular weight is 594 g/mol. The van der Waals surface area contributed by atoms with Gasteiger partial charge >= 0.3 is 0 Å². The van der Waals surface area contributed by atoms with E-state index in [-0.39, 0.29) is 23.3 Å². The van der Waals surface area contributed by atoms with Crippen LogP contribution in [0.4, 0.5) is 0 Å². The summed E-state index contributed by atoms with van der Waals surface area (Å²) in [5.41, 5.74) is 3.86. The van der Waals surface area contributed by atoms with Gasteiger partial charge in [0.1, 0.15) is 6.04 Å². The number of rotatable bonds is 10. The van der Waals surface area contributed by atoms with Gasteiger partial charge in [-0.2, -0.15) is 0 Å². The van der Waals surface area contributed by atoms with E-state index < -0.39 is 11.5 Å². The van der Waals surface area contributed by atoms with Gasteiger partial charge in [0.15, 0.2) is 0 Å². The highest BCUT2D eigenvalue weighted by molar-refractivity contribution is 6.01. The van der Waals surface area contributed by atoms with Gasteiger partial charge in [-0.3, -0.25) is 14.4 Å². The lowest BCUT2D eigenvalue weighted by atomic mass is 9.56. The van der Waals surface area contributed by atoms with Gasteiger partial charge < -0.3 is 15.5 Å². The van der Waals surface area contributed by atoms with Gasteiger partial charge in [0, 0.05) is 30.1 Å². The standard InChI is InChI=1S/C38H47N3O3/c1-26(2)25-41(5)35(43)33(30-11-7-6-8-12-30)39-36(44)37-19-22-38(23-20-37,24-21-37)40-34(42)32-14-10-9-13-31(32)29-17-15-28(16-18-29)27(3)4/h6-18,26-27,33H,19-25H2,1-5H3,(H,39,44)(H,40,42)/t33-,37?,38?/m0/s1. The molecule has 3 aliphatic rings. The summed E-state index contributed by atoms with van der Waals surface area (Å²) in [6, 6.07) is 25.1. The van der Waals surface area contributed by atoms with Crippen LogP contribution in [0.1, 0.15) is 99.7 Å². The Balaban J connectivity index is 1.28. The molecule has 2 bridgehead atoms. The fourth-order valence-corrected chi connectivity index (χ4v) is 7.08. The van der Waals surface area contributed by atoms with Crippen LogP contribution >= 0.6 is 0 Å². The van der Waals surface area contributed by atoms with Crippen LogP contribution in [0.5, 0.6) is 0 Å². The molecule has 0 heterocycles. The van der Waals surface area contributed by atoms with Gasteiger partial charge in [-0.25, -0.2) is 0 Å². The molecular formula is C38H47N3O3. The molecule has 3 fully saturated rings. The summed E-state index contributed by atoms with van der Waals surface area (Å²) in [7, 11) is 1.81. The number of carbonyl (C=O) groups excluding carboxylic acids is 3. The molecule has 1 atom stereocenters. The smallest absolute Gasteiger partial charge is 0.252 e. The maximum atomic E-state index is 14.0. The van der Waals surface area contributed by atoms with Crippen molar-refractivity contribution in [3.8, 4) is 11.1 Å². The fourth-order valence-electron chi connectivity index (χ4n) is 7.08. The van der Waals surface area contributed by atoms with Crippen LogP contribution in [0, 0.1) is 11.3 Å². The van der Waals surface area contributed by atoms with E-state index in [1.54, 1.807) is 11.9 Å². The lowest BCUT2D eigenvalue weighted by Crippen LogP contribution is -2.60. The van der Waals surface area contributed by atoms with E-state index in [1.165, 1.54) is 5.56 Å². The maximum Gasteiger partial charge on any atom is 0.252 e. The van der Waals surface area contributed by atoms with Crippen molar-refractivity contribution in [1.82, 2.24) is 15.5 Å². The van der Waals surface area contributed by atoms with Crippen LogP contribution in [0.2, 0.25) is 0 Å². The molecule has 6 heteroatoms. The monoisotopic (exact) mass is 593 g/mol. The fraction of sp³-hybridized carbons (Fsp3) is 0.447. The zero-order valence-corrected chi connectivity index (χ0v) is 26.9. The first-order valence-electron chi connectivity index (χ1n) is 16.2. The number of hydrogen-bond donors (Lipinski definition) is 2. The predicted molar refractivity (Wildman–Crippen MR) is 176 cm³/mol. The van der Waals surface area contributed by atoms with Gasteiger partial charge in [-0.15, -0.1) is 0 Å². The normalized spacial score (nSPS) is 21.6. The van der Waals surface area contributed by atoms with Gasteiger partial charge in [0.25, 0.3) is 5.91 Å². The molecular weight excluding hydrogens is 546 g/mol. The van der Waals surface area contributed by atoms with Crippen LogP contribution in [0.25, 0.3) is 11.1 Å². The first-order chi connectivity index (χ1) is 21.0. The van der Waals surface area contributed by atoms with E-state index in [0.717, 1.165) is 36.0 Å². The SMILES string of the molecule is CC(C)CN(C)C(=O)[C@@H](NC(=O)C12CCC(NC(=O)c3ccccc3-c3ccc(C(C)C)cc3)(CC1)CC2)c1ccccc1. The highest BCUT2D eigenvalue weighted by Crippen LogP contribution is 2.53.